The summed E-state index contributed by atoms with van der Waals surface area (Å²) in [5, 5.41) is 11.7. The fourth-order valence-corrected chi connectivity index (χ4v) is 2.35. The molecule has 0 aliphatic heterocycles. The molecule has 0 unspecified atom stereocenters. The molecular formula is C20H23NO5. The third-order valence-electron chi connectivity index (χ3n) is 3.72. The van der Waals surface area contributed by atoms with Crippen molar-refractivity contribution in [1.29, 1.82) is 0 Å². The van der Waals surface area contributed by atoms with Crippen LogP contribution in [0.2, 0.25) is 0 Å². The summed E-state index contributed by atoms with van der Waals surface area (Å²) in [5.74, 6) is -0.345. The van der Waals surface area contributed by atoms with Crippen molar-refractivity contribution >= 4 is 11.9 Å². The number of hydrogen-bond acceptors (Lipinski definition) is 4. The number of nitrogens with one attached hydrogen (secondary N) is 1. The smallest absolute Gasteiger partial charge is 0.335 e. The molecule has 1 amide bonds. The normalized spacial score (nSPS) is 10.3. The molecule has 2 rings (SSSR count). The van der Waals surface area contributed by atoms with Crippen LogP contribution in [0.25, 0.3) is 0 Å². The molecule has 0 atom stereocenters. The predicted molar refractivity (Wildman–Crippen MR) is 97.4 cm³/mol. The molecule has 138 valence electrons. The molecule has 0 spiro atoms. The molecule has 2 aromatic rings. The first-order valence-electron chi connectivity index (χ1n) is 8.38. The largest absolute Gasteiger partial charge is 0.493 e. The first kappa shape index (κ1) is 19.5. The maximum Gasteiger partial charge on any atom is 0.335 e. The van der Waals surface area contributed by atoms with Crippen LogP contribution >= 0.6 is 0 Å². The van der Waals surface area contributed by atoms with Crippen molar-refractivity contribution < 1.29 is 24.2 Å². The number of ether oxygens (including phenoxy) is 2. The quantitative estimate of drug-likeness (QED) is 0.639. The lowest BCUT2D eigenvalue weighted by molar-refractivity contribution is -0.120. The molecule has 0 aliphatic rings. The Labute approximate surface area is 152 Å². The van der Waals surface area contributed by atoms with E-state index in [0.29, 0.717) is 19.8 Å². The molecule has 0 bridgehead atoms. The maximum atomic E-state index is 12.1. The highest BCUT2D eigenvalue weighted by Gasteiger charge is 2.06. The van der Waals surface area contributed by atoms with Gasteiger partial charge in [-0.1, -0.05) is 24.3 Å². The minimum Gasteiger partial charge on any atom is -0.493 e. The summed E-state index contributed by atoms with van der Waals surface area (Å²) in [5.41, 5.74) is 1.92. The lowest BCUT2D eigenvalue weighted by Gasteiger charge is -2.09. The Morgan fingerprint density at radius 1 is 1.04 bits per heavy atom. The number of amides is 1. The van der Waals surface area contributed by atoms with Crippen LogP contribution in [0.5, 0.6) is 5.75 Å². The summed E-state index contributed by atoms with van der Waals surface area (Å²) < 4.78 is 10.6. The van der Waals surface area contributed by atoms with E-state index in [4.69, 9.17) is 14.6 Å². The second kappa shape index (κ2) is 10.2. The minimum atomic E-state index is -0.981. The van der Waals surface area contributed by atoms with Gasteiger partial charge in [0.05, 0.1) is 18.6 Å². The van der Waals surface area contributed by atoms with Gasteiger partial charge in [-0.05, 0) is 35.4 Å². The topological polar surface area (TPSA) is 84.9 Å². The standard InChI is InChI=1S/C20H23NO5/c1-25-10-3-11-26-18-5-2-4-16(12-18)14-21-19(22)13-15-6-8-17(9-7-15)20(23)24/h2,4-9,12H,3,10-11,13-14H2,1H3,(H,21,22)(H,23,24). The van der Waals surface area contributed by atoms with E-state index in [2.05, 4.69) is 5.32 Å². The highest BCUT2D eigenvalue weighted by atomic mass is 16.5. The van der Waals surface area contributed by atoms with Gasteiger partial charge in [-0.2, -0.15) is 0 Å². The molecular weight excluding hydrogens is 334 g/mol. The maximum absolute atomic E-state index is 12.1. The number of hydrogen-bond donors (Lipinski definition) is 2. The Morgan fingerprint density at radius 3 is 2.50 bits per heavy atom. The van der Waals surface area contributed by atoms with Crippen LogP contribution in [0.15, 0.2) is 48.5 Å². The zero-order chi connectivity index (χ0) is 18.8. The van der Waals surface area contributed by atoms with Gasteiger partial charge < -0.3 is 19.9 Å². The van der Waals surface area contributed by atoms with Gasteiger partial charge in [-0.3, -0.25) is 4.79 Å². The lowest BCUT2D eigenvalue weighted by Crippen LogP contribution is -2.24. The number of carboxylic acids is 1. The molecule has 0 aromatic heterocycles. The molecule has 0 saturated heterocycles. The number of carbonyl (C=O) groups excluding carboxylic acids is 1. The first-order chi connectivity index (χ1) is 12.6. The highest BCUT2D eigenvalue weighted by molar-refractivity contribution is 5.87. The summed E-state index contributed by atoms with van der Waals surface area (Å²) >= 11 is 0. The van der Waals surface area contributed by atoms with Gasteiger partial charge in [-0.15, -0.1) is 0 Å². The van der Waals surface area contributed by atoms with Crippen molar-refractivity contribution in [2.75, 3.05) is 20.3 Å². The number of methoxy groups -OCH3 is 1. The highest BCUT2D eigenvalue weighted by Crippen LogP contribution is 2.13. The van der Waals surface area contributed by atoms with Gasteiger partial charge in [0, 0.05) is 26.7 Å². The van der Waals surface area contributed by atoms with Crippen molar-refractivity contribution in [2.45, 2.75) is 19.4 Å². The van der Waals surface area contributed by atoms with E-state index in [1.54, 1.807) is 19.2 Å². The van der Waals surface area contributed by atoms with Crippen molar-refractivity contribution in [1.82, 2.24) is 5.32 Å². The zero-order valence-electron chi connectivity index (χ0n) is 14.7. The van der Waals surface area contributed by atoms with Gasteiger partial charge in [-0.25, -0.2) is 4.79 Å². The number of aromatic carboxylic acids is 1. The van der Waals surface area contributed by atoms with E-state index in [9.17, 15) is 9.59 Å². The molecule has 0 aliphatic carbocycles. The van der Waals surface area contributed by atoms with Crippen molar-refractivity contribution in [3.05, 3.63) is 65.2 Å². The number of carbonyl (C=O) groups is 2. The average molecular weight is 357 g/mol. The second-order valence-corrected chi connectivity index (χ2v) is 5.80. The molecule has 26 heavy (non-hydrogen) atoms. The van der Waals surface area contributed by atoms with Crippen molar-refractivity contribution in [2.24, 2.45) is 0 Å². The Balaban J connectivity index is 1.80. The molecule has 0 heterocycles. The minimum absolute atomic E-state index is 0.125. The van der Waals surface area contributed by atoms with Crippen LogP contribution in [-0.4, -0.2) is 37.3 Å². The monoisotopic (exact) mass is 357 g/mol. The Bertz CT molecular complexity index is 727. The third-order valence-corrected chi connectivity index (χ3v) is 3.72. The summed E-state index contributed by atoms with van der Waals surface area (Å²) in [6.45, 7) is 1.64. The van der Waals surface area contributed by atoms with E-state index in [1.165, 1.54) is 12.1 Å². The number of benzene rings is 2. The summed E-state index contributed by atoms with van der Waals surface area (Å²) in [4.78, 5) is 22.9. The van der Waals surface area contributed by atoms with Crippen LogP contribution < -0.4 is 10.1 Å². The number of rotatable bonds is 10. The SMILES string of the molecule is COCCCOc1cccc(CNC(=O)Cc2ccc(C(=O)O)cc2)c1. The van der Waals surface area contributed by atoms with E-state index in [1.807, 2.05) is 24.3 Å². The van der Waals surface area contributed by atoms with Crippen LogP contribution in [-0.2, 0) is 22.5 Å². The van der Waals surface area contributed by atoms with Crippen molar-refractivity contribution in [3.63, 3.8) is 0 Å². The third kappa shape index (κ3) is 6.57. The Kier molecular flexibility index (Phi) is 7.64. The fraction of sp³-hybridized carbons (Fsp3) is 0.300. The van der Waals surface area contributed by atoms with Gasteiger partial charge in [0.1, 0.15) is 5.75 Å². The van der Waals surface area contributed by atoms with Crippen molar-refractivity contribution in [3.8, 4) is 5.75 Å². The van der Waals surface area contributed by atoms with Crippen LogP contribution in [0.3, 0.4) is 0 Å². The molecule has 2 aromatic carbocycles. The molecule has 2 N–H and O–H groups in total. The molecule has 6 nitrogen and oxygen atoms in total. The van der Waals surface area contributed by atoms with Gasteiger partial charge in [0.15, 0.2) is 0 Å². The first-order valence-corrected chi connectivity index (χ1v) is 8.38. The Hall–Kier alpha value is -2.86. The van der Waals surface area contributed by atoms with Gasteiger partial charge >= 0.3 is 5.97 Å². The van der Waals surface area contributed by atoms with Gasteiger partial charge in [0.2, 0.25) is 5.91 Å². The second-order valence-electron chi connectivity index (χ2n) is 5.80. The molecule has 6 heteroatoms. The van der Waals surface area contributed by atoms with E-state index >= 15 is 0 Å². The van der Waals surface area contributed by atoms with Crippen LogP contribution in [0.1, 0.15) is 27.9 Å². The van der Waals surface area contributed by atoms with E-state index in [0.717, 1.165) is 23.3 Å². The fourth-order valence-electron chi connectivity index (χ4n) is 2.35. The van der Waals surface area contributed by atoms with Crippen LogP contribution in [0.4, 0.5) is 0 Å². The van der Waals surface area contributed by atoms with E-state index in [-0.39, 0.29) is 17.9 Å². The molecule has 0 radical (unpaired) electrons. The zero-order valence-corrected chi connectivity index (χ0v) is 14.7. The summed E-state index contributed by atoms with van der Waals surface area (Å²) in [6.07, 6.45) is 1.02. The summed E-state index contributed by atoms with van der Waals surface area (Å²) in [7, 11) is 1.66. The van der Waals surface area contributed by atoms with Crippen LogP contribution in [0, 0.1) is 0 Å². The lowest BCUT2D eigenvalue weighted by atomic mass is 10.1. The summed E-state index contributed by atoms with van der Waals surface area (Å²) in [6, 6.07) is 13.9. The van der Waals surface area contributed by atoms with E-state index < -0.39 is 5.97 Å². The number of carboxylic acid groups (broad SMARTS) is 1. The predicted octanol–water partition coefficient (Wildman–Crippen LogP) is 2.66. The molecule has 0 fully saturated rings. The molecule has 0 saturated carbocycles. The average Bonchev–Trinajstić information content (AvgIpc) is 2.64. The Morgan fingerprint density at radius 2 is 1.81 bits per heavy atom. The van der Waals surface area contributed by atoms with Gasteiger partial charge in [0.25, 0.3) is 0 Å².